The lowest BCUT2D eigenvalue weighted by molar-refractivity contribution is 0.0490. The van der Waals surface area contributed by atoms with Gasteiger partial charge in [-0.2, -0.15) is 0 Å². The van der Waals surface area contributed by atoms with E-state index in [4.69, 9.17) is 14.2 Å². The molecule has 3 rings (SSSR count). The molecule has 1 aromatic carbocycles. The fourth-order valence-electron chi connectivity index (χ4n) is 3.41. The molecular weight excluding hydrogens is 306 g/mol. The Morgan fingerprint density at radius 2 is 1.92 bits per heavy atom. The summed E-state index contributed by atoms with van der Waals surface area (Å²) in [6, 6.07) is 6.37. The number of alkyl carbamates (subject to hydrolysis) is 1. The van der Waals surface area contributed by atoms with Gasteiger partial charge in [0.25, 0.3) is 0 Å². The SMILES string of the molecule is CC(C)(C)OC(=O)NC1CCCC(c2ccc3c(c2)OCCO3)C1. The molecule has 2 aliphatic rings. The van der Waals surface area contributed by atoms with E-state index in [0.29, 0.717) is 19.1 Å². The van der Waals surface area contributed by atoms with Crippen molar-refractivity contribution in [1.82, 2.24) is 5.32 Å². The number of hydrogen-bond donors (Lipinski definition) is 1. The van der Waals surface area contributed by atoms with Crippen LogP contribution in [0.2, 0.25) is 0 Å². The zero-order valence-corrected chi connectivity index (χ0v) is 14.8. The van der Waals surface area contributed by atoms with Crippen LogP contribution in [0.3, 0.4) is 0 Å². The lowest BCUT2D eigenvalue weighted by Gasteiger charge is -2.31. The summed E-state index contributed by atoms with van der Waals surface area (Å²) in [4.78, 5) is 12.0. The van der Waals surface area contributed by atoms with Crippen molar-refractivity contribution in [3.8, 4) is 11.5 Å². The number of amides is 1. The second-order valence-electron chi connectivity index (χ2n) is 7.61. The zero-order chi connectivity index (χ0) is 17.2. The second-order valence-corrected chi connectivity index (χ2v) is 7.61. The highest BCUT2D eigenvalue weighted by Crippen LogP contribution is 2.38. The minimum atomic E-state index is -0.464. The van der Waals surface area contributed by atoms with Crippen molar-refractivity contribution in [2.24, 2.45) is 0 Å². The quantitative estimate of drug-likeness (QED) is 0.888. The monoisotopic (exact) mass is 333 g/mol. The van der Waals surface area contributed by atoms with E-state index < -0.39 is 5.60 Å². The van der Waals surface area contributed by atoms with Crippen LogP contribution in [0.1, 0.15) is 57.9 Å². The molecule has 1 aliphatic carbocycles. The average Bonchev–Trinajstić information content (AvgIpc) is 2.53. The molecule has 2 unspecified atom stereocenters. The standard InChI is InChI=1S/C19H27NO4/c1-19(2,3)24-18(21)20-15-6-4-5-13(11-15)14-7-8-16-17(12-14)23-10-9-22-16/h7-8,12-13,15H,4-6,9-11H2,1-3H3,(H,20,21). The molecule has 1 saturated carbocycles. The summed E-state index contributed by atoms with van der Waals surface area (Å²) in [7, 11) is 0. The summed E-state index contributed by atoms with van der Waals surface area (Å²) in [6.45, 7) is 6.85. The van der Waals surface area contributed by atoms with Crippen LogP contribution in [0.15, 0.2) is 18.2 Å². The smallest absolute Gasteiger partial charge is 0.407 e. The van der Waals surface area contributed by atoms with Gasteiger partial charge in [-0.3, -0.25) is 0 Å². The van der Waals surface area contributed by atoms with Crippen LogP contribution < -0.4 is 14.8 Å². The van der Waals surface area contributed by atoms with Crippen LogP contribution in [0, 0.1) is 0 Å². The molecule has 1 N–H and O–H groups in total. The molecule has 1 amide bonds. The Bertz CT molecular complexity index is 594. The third-order valence-corrected chi connectivity index (χ3v) is 4.43. The van der Waals surface area contributed by atoms with E-state index in [0.717, 1.165) is 37.2 Å². The van der Waals surface area contributed by atoms with Gasteiger partial charge in [-0.1, -0.05) is 12.5 Å². The Morgan fingerprint density at radius 3 is 2.67 bits per heavy atom. The minimum Gasteiger partial charge on any atom is -0.486 e. The van der Waals surface area contributed by atoms with E-state index in [1.807, 2.05) is 26.8 Å². The first-order valence-electron chi connectivity index (χ1n) is 8.80. The molecule has 0 bridgehead atoms. The van der Waals surface area contributed by atoms with Gasteiger partial charge >= 0.3 is 6.09 Å². The van der Waals surface area contributed by atoms with Gasteiger partial charge in [0, 0.05) is 6.04 Å². The van der Waals surface area contributed by atoms with Crippen LogP contribution >= 0.6 is 0 Å². The van der Waals surface area contributed by atoms with Crippen molar-refractivity contribution in [3.63, 3.8) is 0 Å². The molecule has 1 aromatic rings. The molecular formula is C19H27NO4. The Hall–Kier alpha value is -1.91. The Morgan fingerprint density at radius 1 is 1.17 bits per heavy atom. The first kappa shape index (κ1) is 16.9. The fraction of sp³-hybridized carbons (Fsp3) is 0.632. The number of nitrogens with one attached hydrogen (secondary N) is 1. The third kappa shape index (κ3) is 4.34. The summed E-state index contributed by atoms with van der Waals surface area (Å²) < 4.78 is 16.6. The van der Waals surface area contributed by atoms with Crippen LogP contribution in [-0.2, 0) is 4.74 Å². The maximum atomic E-state index is 12.0. The molecule has 0 saturated heterocycles. The number of hydrogen-bond acceptors (Lipinski definition) is 4. The summed E-state index contributed by atoms with van der Waals surface area (Å²) >= 11 is 0. The van der Waals surface area contributed by atoms with Crippen molar-refractivity contribution in [2.45, 2.75) is 64.0 Å². The number of carbonyl (C=O) groups is 1. The van der Waals surface area contributed by atoms with E-state index in [-0.39, 0.29) is 12.1 Å². The van der Waals surface area contributed by atoms with Gasteiger partial charge < -0.3 is 19.5 Å². The molecule has 5 heteroatoms. The molecule has 0 spiro atoms. The summed E-state index contributed by atoms with van der Waals surface area (Å²) in [5.41, 5.74) is 0.795. The lowest BCUT2D eigenvalue weighted by atomic mass is 9.81. The maximum Gasteiger partial charge on any atom is 0.407 e. The highest BCUT2D eigenvalue weighted by molar-refractivity contribution is 5.68. The van der Waals surface area contributed by atoms with Crippen LogP contribution in [0.5, 0.6) is 11.5 Å². The molecule has 0 aromatic heterocycles. The number of rotatable bonds is 2. The van der Waals surface area contributed by atoms with Gasteiger partial charge in [0.15, 0.2) is 11.5 Å². The zero-order valence-electron chi connectivity index (χ0n) is 14.8. The van der Waals surface area contributed by atoms with Gasteiger partial charge in [0.1, 0.15) is 18.8 Å². The predicted octanol–water partition coefficient (Wildman–Crippen LogP) is 4.01. The number of fused-ring (bicyclic) bond motifs is 1. The summed E-state index contributed by atoms with van der Waals surface area (Å²) in [5, 5.41) is 3.02. The van der Waals surface area contributed by atoms with Crippen molar-refractivity contribution >= 4 is 6.09 Å². The van der Waals surface area contributed by atoms with Crippen molar-refractivity contribution in [3.05, 3.63) is 23.8 Å². The van der Waals surface area contributed by atoms with E-state index in [1.54, 1.807) is 0 Å². The maximum absolute atomic E-state index is 12.0. The van der Waals surface area contributed by atoms with E-state index in [2.05, 4.69) is 17.4 Å². The molecule has 2 atom stereocenters. The van der Waals surface area contributed by atoms with E-state index >= 15 is 0 Å². The number of benzene rings is 1. The topological polar surface area (TPSA) is 56.8 Å². The highest BCUT2D eigenvalue weighted by Gasteiger charge is 2.27. The van der Waals surface area contributed by atoms with Crippen molar-refractivity contribution in [2.75, 3.05) is 13.2 Å². The first-order chi connectivity index (χ1) is 11.4. The fourth-order valence-corrected chi connectivity index (χ4v) is 3.41. The number of ether oxygens (including phenoxy) is 3. The molecule has 1 aliphatic heterocycles. The highest BCUT2D eigenvalue weighted by atomic mass is 16.6. The van der Waals surface area contributed by atoms with Gasteiger partial charge in [-0.15, -0.1) is 0 Å². The van der Waals surface area contributed by atoms with E-state index in [9.17, 15) is 4.79 Å². The molecule has 1 heterocycles. The summed E-state index contributed by atoms with van der Waals surface area (Å²) in [6.07, 6.45) is 3.83. The Labute approximate surface area is 143 Å². The number of carbonyl (C=O) groups excluding carboxylic acids is 1. The normalized spacial score (nSPS) is 23.5. The molecule has 24 heavy (non-hydrogen) atoms. The van der Waals surface area contributed by atoms with Gasteiger partial charge in [0.05, 0.1) is 0 Å². The van der Waals surface area contributed by atoms with E-state index in [1.165, 1.54) is 5.56 Å². The van der Waals surface area contributed by atoms with Crippen LogP contribution in [0.4, 0.5) is 4.79 Å². The van der Waals surface area contributed by atoms with Gasteiger partial charge in [-0.25, -0.2) is 4.79 Å². The second kappa shape index (κ2) is 6.91. The molecule has 132 valence electrons. The third-order valence-electron chi connectivity index (χ3n) is 4.43. The molecule has 0 radical (unpaired) electrons. The average molecular weight is 333 g/mol. The molecule has 5 nitrogen and oxygen atoms in total. The Kier molecular flexibility index (Phi) is 4.88. The van der Waals surface area contributed by atoms with Crippen molar-refractivity contribution < 1.29 is 19.0 Å². The van der Waals surface area contributed by atoms with Crippen LogP contribution in [0.25, 0.3) is 0 Å². The first-order valence-corrected chi connectivity index (χ1v) is 8.80. The molecule has 1 fully saturated rings. The lowest BCUT2D eigenvalue weighted by Crippen LogP contribution is -2.41. The summed E-state index contributed by atoms with van der Waals surface area (Å²) in [5.74, 6) is 2.08. The minimum absolute atomic E-state index is 0.159. The van der Waals surface area contributed by atoms with Gasteiger partial charge in [0.2, 0.25) is 0 Å². The Balaban J connectivity index is 1.62. The van der Waals surface area contributed by atoms with Gasteiger partial charge in [-0.05, 0) is 63.6 Å². The van der Waals surface area contributed by atoms with Crippen molar-refractivity contribution in [1.29, 1.82) is 0 Å². The van der Waals surface area contributed by atoms with Crippen LogP contribution in [-0.4, -0.2) is 30.9 Å². The largest absolute Gasteiger partial charge is 0.486 e. The predicted molar refractivity (Wildman–Crippen MR) is 91.8 cm³/mol.